The summed E-state index contributed by atoms with van der Waals surface area (Å²) in [5.74, 6) is 0.0208. The molecule has 118 valence electrons. The number of anilines is 1. The number of nitrogens with one attached hydrogen (secondary N) is 3. The summed E-state index contributed by atoms with van der Waals surface area (Å²) in [4.78, 5) is 14.8. The number of hydrogen-bond acceptors (Lipinski definition) is 5. The molecule has 1 saturated heterocycles. The lowest BCUT2D eigenvalue weighted by molar-refractivity contribution is 0.0705. The summed E-state index contributed by atoms with van der Waals surface area (Å²) in [5.41, 5.74) is 5.17. The van der Waals surface area contributed by atoms with Gasteiger partial charge >= 0.3 is 0 Å². The Kier molecular flexibility index (Phi) is 5.66. The molecule has 1 fully saturated rings. The molecule has 0 unspecified atom stereocenters. The molecule has 1 heterocycles. The number of benzene rings is 1. The first-order valence-electron chi connectivity index (χ1n) is 7.54. The van der Waals surface area contributed by atoms with E-state index >= 15 is 0 Å². The Bertz CT molecular complexity index is 570. The van der Waals surface area contributed by atoms with Crippen LogP contribution in [0.2, 0.25) is 0 Å². The van der Waals surface area contributed by atoms with Crippen molar-refractivity contribution in [1.29, 1.82) is 5.41 Å². The van der Waals surface area contributed by atoms with Crippen molar-refractivity contribution in [1.82, 2.24) is 10.2 Å². The average molecular weight is 301 g/mol. The molecular formula is C16H23N5O. The zero-order valence-electron chi connectivity index (χ0n) is 13.1. The van der Waals surface area contributed by atoms with Crippen molar-refractivity contribution in [3.05, 3.63) is 29.3 Å². The van der Waals surface area contributed by atoms with Crippen LogP contribution in [0.15, 0.2) is 23.3 Å². The fourth-order valence-electron chi connectivity index (χ4n) is 2.54. The van der Waals surface area contributed by atoms with Crippen LogP contribution < -0.4 is 10.7 Å². The van der Waals surface area contributed by atoms with Crippen molar-refractivity contribution in [2.75, 3.05) is 25.1 Å². The lowest BCUT2D eigenvalue weighted by Crippen LogP contribution is -2.39. The summed E-state index contributed by atoms with van der Waals surface area (Å²) in [5, 5.41) is 14.2. The highest BCUT2D eigenvalue weighted by molar-refractivity contribution is 6.14. The molecule has 1 aromatic rings. The van der Waals surface area contributed by atoms with Gasteiger partial charge in [-0.2, -0.15) is 5.10 Å². The molecule has 0 bridgehead atoms. The maximum absolute atomic E-state index is 12.9. The van der Waals surface area contributed by atoms with Gasteiger partial charge in [-0.05, 0) is 38.9 Å². The molecule has 1 aliphatic rings. The predicted molar refractivity (Wildman–Crippen MR) is 90.1 cm³/mol. The number of hydrazone groups is 1. The van der Waals surface area contributed by atoms with E-state index in [4.69, 9.17) is 5.41 Å². The minimum atomic E-state index is 0.0208. The number of nitrogens with zero attached hydrogens (tertiary/aromatic N) is 2. The molecule has 1 atom stereocenters. The van der Waals surface area contributed by atoms with Gasteiger partial charge in [0.2, 0.25) is 0 Å². The second kappa shape index (κ2) is 7.70. The van der Waals surface area contributed by atoms with Crippen LogP contribution in [0.4, 0.5) is 5.69 Å². The molecule has 1 amide bonds. The maximum Gasteiger partial charge on any atom is 0.256 e. The number of amides is 1. The van der Waals surface area contributed by atoms with Crippen LogP contribution in [0.3, 0.4) is 0 Å². The molecular weight excluding hydrogens is 278 g/mol. The third kappa shape index (κ3) is 3.92. The molecule has 0 spiro atoms. The zero-order chi connectivity index (χ0) is 15.9. The van der Waals surface area contributed by atoms with E-state index in [9.17, 15) is 4.79 Å². The topological polar surface area (TPSA) is 80.6 Å². The zero-order valence-corrected chi connectivity index (χ0v) is 13.1. The lowest BCUT2D eigenvalue weighted by Gasteiger charge is -2.27. The molecule has 1 aromatic carbocycles. The summed E-state index contributed by atoms with van der Waals surface area (Å²) >= 11 is 0. The van der Waals surface area contributed by atoms with E-state index in [0.717, 1.165) is 31.3 Å². The Balaban J connectivity index is 2.28. The van der Waals surface area contributed by atoms with Crippen LogP contribution in [-0.4, -0.2) is 48.9 Å². The van der Waals surface area contributed by atoms with Crippen molar-refractivity contribution in [2.24, 2.45) is 5.10 Å². The maximum atomic E-state index is 12.9. The molecule has 6 nitrogen and oxygen atoms in total. The number of carbonyl (C=O) groups excluding carboxylic acids is 1. The van der Waals surface area contributed by atoms with Gasteiger partial charge < -0.3 is 15.6 Å². The quantitative estimate of drug-likeness (QED) is 0.586. The van der Waals surface area contributed by atoms with Gasteiger partial charge in [0, 0.05) is 25.3 Å². The summed E-state index contributed by atoms with van der Waals surface area (Å²) in [6.07, 6.45) is 3.38. The minimum Gasteiger partial charge on any atom is -0.335 e. The van der Waals surface area contributed by atoms with E-state index in [1.54, 1.807) is 0 Å². The van der Waals surface area contributed by atoms with Gasteiger partial charge in [0.15, 0.2) is 0 Å². The molecule has 1 aliphatic heterocycles. The molecule has 0 saturated carbocycles. The molecule has 6 heteroatoms. The first kappa shape index (κ1) is 16.2. The molecule has 2 rings (SSSR count). The fraction of sp³-hybridized carbons (Fsp3) is 0.438. The SMILES string of the molecule is Cc1ccc(N/N=C\C=N)c(C(=O)N2CCNCC[C@H]2C)c1. The van der Waals surface area contributed by atoms with Crippen molar-refractivity contribution in [2.45, 2.75) is 26.3 Å². The Hall–Kier alpha value is -2.21. The van der Waals surface area contributed by atoms with Gasteiger partial charge in [0.1, 0.15) is 0 Å². The van der Waals surface area contributed by atoms with E-state index in [0.29, 0.717) is 17.8 Å². The third-order valence-corrected chi connectivity index (χ3v) is 3.80. The number of rotatable bonds is 4. The van der Waals surface area contributed by atoms with Gasteiger partial charge in [-0.1, -0.05) is 11.6 Å². The first-order valence-corrected chi connectivity index (χ1v) is 7.54. The van der Waals surface area contributed by atoms with E-state index in [1.165, 1.54) is 6.21 Å². The van der Waals surface area contributed by atoms with Crippen LogP contribution in [0, 0.1) is 12.3 Å². The van der Waals surface area contributed by atoms with E-state index in [1.807, 2.05) is 30.0 Å². The Morgan fingerprint density at radius 1 is 1.50 bits per heavy atom. The Morgan fingerprint density at radius 2 is 2.32 bits per heavy atom. The summed E-state index contributed by atoms with van der Waals surface area (Å²) in [6.45, 7) is 6.51. The average Bonchev–Trinajstić information content (AvgIpc) is 2.73. The van der Waals surface area contributed by atoms with Gasteiger partial charge in [-0.15, -0.1) is 0 Å². The normalized spacial score (nSPS) is 19.0. The van der Waals surface area contributed by atoms with Crippen LogP contribution in [-0.2, 0) is 0 Å². The Morgan fingerprint density at radius 3 is 3.09 bits per heavy atom. The van der Waals surface area contributed by atoms with Crippen LogP contribution >= 0.6 is 0 Å². The second-order valence-electron chi connectivity index (χ2n) is 5.49. The monoisotopic (exact) mass is 301 g/mol. The number of hydrogen-bond donors (Lipinski definition) is 3. The molecule has 0 aromatic heterocycles. The number of aryl methyl sites for hydroxylation is 1. The Labute approximate surface area is 131 Å². The van der Waals surface area contributed by atoms with Crippen molar-refractivity contribution >= 4 is 24.0 Å². The van der Waals surface area contributed by atoms with Gasteiger partial charge in [-0.3, -0.25) is 10.2 Å². The highest BCUT2D eigenvalue weighted by atomic mass is 16.2. The number of carbonyl (C=O) groups is 1. The first-order chi connectivity index (χ1) is 10.6. The lowest BCUT2D eigenvalue weighted by atomic mass is 10.1. The van der Waals surface area contributed by atoms with Crippen molar-refractivity contribution in [3.8, 4) is 0 Å². The predicted octanol–water partition coefficient (Wildman–Crippen LogP) is 1.87. The second-order valence-corrected chi connectivity index (χ2v) is 5.49. The van der Waals surface area contributed by atoms with Gasteiger partial charge in [0.25, 0.3) is 5.91 Å². The standard InChI is InChI=1S/C16H23N5O/c1-12-3-4-15(20-19-8-6-17)14(11-12)16(22)21-10-9-18-7-5-13(21)2/h3-4,6,8,11,13,17-18,20H,5,7,9-10H2,1-2H3/b17-6?,19-8-/t13-/m1/s1. The van der Waals surface area contributed by atoms with Crippen molar-refractivity contribution < 1.29 is 4.79 Å². The molecule has 0 radical (unpaired) electrons. The minimum absolute atomic E-state index is 0.0208. The summed E-state index contributed by atoms with van der Waals surface area (Å²) in [7, 11) is 0. The molecule has 0 aliphatic carbocycles. The van der Waals surface area contributed by atoms with Crippen LogP contribution in [0.1, 0.15) is 29.3 Å². The smallest absolute Gasteiger partial charge is 0.256 e. The molecule has 22 heavy (non-hydrogen) atoms. The van der Waals surface area contributed by atoms with E-state index < -0.39 is 0 Å². The van der Waals surface area contributed by atoms with Gasteiger partial charge in [-0.25, -0.2) is 0 Å². The van der Waals surface area contributed by atoms with Crippen LogP contribution in [0.5, 0.6) is 0 Å². The third-order valence-electron chi connectivity index (χ3n) is 3.80. The van der Waals surface area contributed by atoms with Gasteiger partial charge in [0.05, 0.1) is 17.5 Å². The van der Waals surface area contributed by atoms with Crippen molar-refractivity contribution in [3.63, 3.8) is 0 Å². The van der Waals surface area contributed by atoms with E-state index in [2.05, 4.69) is 22.8 Å². The molecule has 3 N–H and O–H groups in total. The largest absolute Gasteiger partial charge is 0.335 e. The summed E-state index contributed by atoms with van der Waals surface area (Å²) in [6, 6.07) is 5.88. The summed E-state index contributed by atoms with van der Waals surface area (Å²) < 4.78 is 0. The fourth-order valence-corrected chi connectivity index (χ4v) is 2.54. The van der Waals surface area contributed by atoms with E-state index in [-0.39, 0.29) is 11.9 Å². The highest BCUT2D eigenvalue weighted by Gasteiger charge is 2.24. The van der Waals surface area contributed by atoms with Crippen LogP contribution in [0.25, 0.3) is 0 Å². The highest BCUT2D eigenvalue weighted by Crippen LogP contribution is 2.21.